The summed E-state index contributed by atoms with van der Waals surface area (Å²) in [6.45, 7) is 2.94. The minimum atomic E-state index is -0.871. The van der Waals surface area contributed by atoms with E-state index in [2.05, 4.69) is 11.8 Å². The van der Waals surface area contributed by atoms with Gasteiger partial charge in [-0.25, -0.2) is 0 Å². The molecule has 0 bridgehead atoms. The number of ketones is 1. The number of halogens is 2. The van der Waals surface area contributed by atoms with Crippen LogP contribution in [0.1, 0.15) is 23.6 Å². The molecule has 0 amide bonds. The van der Waals surface area contributed by atoms with Crippen LogP contribution < -0.4 is 0 Å². The summed E-state index contributed by atoms with van der Waals surface area (Å²) in [5.74, 6) is 0.171. The topological polar surface area (TPSA) is 29.5 Å². The normalized spacial score (nSPS) is 26.8. The number of nitrogens with zero attached hydrogens (tertiary/aromatic N) is 1. The predicted octanol–water partition coefficient (Wildman–Crippen LogP) is 4.04. The Hall–Kier alpha value is -1.39. The van der Waals surface area contributed by atoms with Gasteiger partial charge in [-0.05, 0) is 30.7 Å². The van der Waals surface area contributed by atoms with Gasteiger partial charge in [0.2, 0.25) is 0 Å². The van der Waals surface area contributed by atoms with Crippen LogP contribution in [0.5, 0.6) is 0 Å². The molecule has 1 fully saturated rings. The highest BCUT2D eigenvalue weighted by Crippen LogP contribution is 2.48. The molecular weight excluding hydrogens is 345 g/mol. The second-order valence-electron chi connectivity index (χ2n) is 6.43. The average molecular weight is 362 g/mol. The molecule has 2 aliphatic heterocycles. The van der Waals surface area contributed by atoms with Crippen LogP contribution >= 0.6 is 23.2 Å². The van der Waals surface area contributed by atoms with Crippen molar-refractivity contribution in [1.82, 2.24) is 4.90 Å². The number of fused-ring (bicyclic) bond motifs is 3. The Morgan fingerprint density at radius 2 is 1.96 bits per heavy atom. The highest BCUT2D eigenvalue weighted by Gasteiger charge is 2.52. The molecule has 2 aromatic rings. The van der Waals surface area contributed by atoms with E-state index in [1.807, 2.05) is 42.5 Å². The Balaban J connectivity index is 2.06. The Kier molecular flexibility index (Phi) is 3.92. The average Bonchev–Trinajstić information content (AvgIpc) is 2.81. The second kappa shape index (κ2) is 5.85. The maximum atomic E-state index is 12.5. The lowest BCUT2D eigenvalue weighted by Crippen LogP contribution is -2.47. The van der Waals surface area contributed by atoms with Crippen molar-refractivity contribution in [2.24, 2.45) is 0 Å². The van der Waals surface area contributed by atoms with Crippen LogP contribution in [0.3, 0.4) is 0 Å². The van der Waals surface area contributed by atoms with E-state index in [0.717, 1.165) is 16.7 Å². The van der Waals surface area contributed by atoms with Gasteiger partial charge in [0, 0.05) is 33.6 Å². The van der Waals surface area contributed by atoms with Crippen LogP contribution in [0, 0.1) is 0 Å². The van der Waals surface area contributed by atoms with E-state index in [1.165, 1.54) is 0 Å². The highest BCUT2D eigenvalue weighted by atomic mass is 35.5. The van der Waals surface area contributed by atoms with Gasteiger partial charge in [0.25, 0.3) is 0 Å². The van der Waals surface area contributed by atoms with Crippen LogP contribution in [0.2, 0.25) is 10.0 Å². The molecular formula is C19H17Cl2NO2. The Morgan fingerprint density at radius 3 is 2.75 bits per heavy atom. The zero-order valence-electron chi connectivity index (χ0n) is 13.3. The van der Waals surface area contributed by atoms with Gasteiger partial charge in [-0.2, -0.15) is 0 Å². The van der Waals surface area contributed by atoms with Crippen molar-refractivity contribution in [1.29, 1.82) is 0 Å². The largest absolute Gasteiger partial charge is 0.350 e. The van der Waals surface area contributed by atoms with Gasteiger partial charge >= 0.3 is 0 Å². The Morgan fingerprint density at radius 1 is 1.17 bits per heavy atom. The van der Waals surface area contributed by atoms with Gasteiger partial charge < -0.3 is 4.74 Å². The van der Waals surface area contributed by atoms with Crippen LogP contribution in [-0.2, 0) is 21.7 Å². The standard InChI is InChI=1S/C19H17Cl2NO2/c1-12-11-24-19(16-4-2-3-5-18(16)21)17-9-14(20)7-6-13(17)8-15(23)10-22(12)19/h2-7,9,12H,8,10-11H2,1H3. The summed E-state index contributed by atoms with van der Waals surface area (Å²) < 4.78 is 6.36. The smallest absolute Gasteiger partial charge is 0.176 e. The zero-order chi connectivity index (χ0) is 16.9. The molecule has 0 aliphatic carbocycles. The third-order valence-electron chi connectivity index (χ3n) is 4.88. The molecule has 4 rings (SSSR count). The summed E-state index contributed by atoms with van der Waals surface area (Å²) >= 11 is 12.8. The molecule has 5 heteroatoms. The molecule has 0 N–H and O–H groups in total. The molecule has 0 saturated carbocycles. The van der Waals surface area contributed by atoms with Gasteiger partial charge in [-0.15, -0.1) is 0 Å². The quantitative estimate of drug-likeness (QED) is 0.767. The van der Waals surface area contributed by atoms with E-state index in [0.29, 0.717) is 29.6 Å². The van der Waals surface area contributed by atoms with Crippen LogP contribution in [-0.4, -0.2) is 29.9 Å². The van der Waals surface area contributed by atoms with E-state index >= 15 is 0 Å². The summed E-state index contributed by atoms with van der Waals surface area (Å²) in [5, 5.41) is 1.24. The first-order valence-corrected chi connectivity index (χ1v) is 8.74. The van der Waals surface area contributed by atoms with E-state index < -0.39 is 5.72 Å². The van der Waals surface area contributed by atoms with Crippen molar-refractivity contribution in [2.45, 2.75) is 25.1 Å². The van der Waals surface area contributed by atoms with Gasteiger partial charge in [0.1, 0.15) is 0 Å². The number of ether oxygens (including phenoxy) is 1. The molecule has 3 nitrogen and oxygen atoms in total. The number of hydrogen-bond acceptors (Lipinski definition) is 3. The molecule has 1 saturated heterocycles. The molecule has 2 unspecified atom stereocenters. The van der Waals surface area contributed by atoms with Crippen LogP contribution in [0.25, 0.3) is 0 Å². The third kappa shape index (κ3) is 2.31. The summed E-state index contributed by atoms with van der Waals surface area (Å²) in [6.07, 6.45) is 0.380. The second-order valence-corrected chi connectivity index (χ2v) is 7.27. The molecule has 0 spiro atoms. The first-order valence-electron chi connectivity index (χ1n) is 7.98. The van der Waals surface area contributed by atoms with Crippen LogP contribution in [0.15, 0.2) is 42.5 Å². The third-order valence-corrected chi connectivity index (χ3v) is 5.44. The lowest BCUT2D eigenvalue weighted by Gasteiger charge is -2.39. The van der Waals surface area contributed by atoms with E-state index in [1.54, 1.807) is 0 Å². The van der Waals surface area contributed by atoms with Crippen molar-refractivity contribution >= 4 is 29.0 Å². The molecule has 2 heterocycles. The number of hydrogen-bond donors (Lipinski definition) is 0. The minimum absolute atomic E-state index is 0.107. The first-order chi connectivity index (χ1) is 11.5. The molecule has 0 aromatic heterocycles. The molecule has 24 heavy (non-hydrogen) atoms. The van der Waals surface area contributed by atoms with Crippen LogP contribution in [0.4, 0.5) is 0 Å². The van der Waals surface area contributed by atoms with Crippen molar-refractivity contribution in [3.05, 3.63) is 69.2 Å². The van der Waals surface area contributed by atoms with Gasteiger partial charge in [0.15, 0.2) is 11.5 Å². The first kappa shape index (κ1) is 16.1. The predicted molar refractivity (Wildman–Crippen MR) is 94.5 cm³/mol. The zero-order valence-corrected chi connectivity index (χ0v) is 14.8. The van der Waals surface area contributed by atoms with E-state index in [9.17, 15) is 4.79 Å². The van der Waals surface area contributed by atoms with E-state index in [-0.39, 0.29) is 11.8 Å². The summed E-state index contributed by atoms with van der Waals surface area (Å²) in [5.41, 5.74) is 1.85. The molecule has 2 aromatic carbocycles. The monoisotopic (exact) mass is 361 g/mol. The summed E-state index contributed by atoms with van der Waals surface area (Å²) in [7, 11) is 0. The highest BCUT2D eigenvalue weighted by molar-refractivity contribution is 6.31. The maximum absolute atomic E-state index is 12.5. The van der Waals surface area contributed by atoms with E-state index in [4.69, 9.17) is 27.9 Å². The Bertz CT molecular complexity index is 823. The fourth-order valence-corrected chi connectivity index (χ4v) is 4.25. The fraction of sp³-hybridized carbons (Fsp3) is 0.316. The van der Waals surface area contributed by atoms with Crippen molar-refractivity contribution in [3.8, 4) is 0 Å². The lowest BCUT2D eigenvalue weighted by atomic mass is 9.89. The lowest BCUT2D eigenvalue weighted by molar-refractivity contribution is -0.123. The van der Waals surface area contributed by atoms with Crippen molar-refractivity contribution < 1.29 is 9.53 Å². The summed E-state index contributed by atoms with van der Waals surface area (Å²) in [6, 6.07) is 13.4. The number of rotatable bonds is 1. The van der Waals surface area contributed by atoms with Gasteiger partial charge in [-0.3, -0.25) is 9.69 Å². The SMILES string of the molecule is CC1COC2(c3ccccc3Cl)c3cc(Cl)ccc3CC(=O)CN12. The molecule has 2 aliphatic rings. The minimum Gasteiger partial charge on any atom is -0.350 e. The number of carbonyl (C=O) groups is 1. The number of carbonyl (C=O) groups excluding carboxylic acids is 1. The molecule has 2 atom stereocenters. The van der Waals surface area contributed by atoms with Gasteiger partial charge in [0.05, 0.1) is 13.2 Å². The number of Topliss-reactive ketones (excluding diaryl/α,β-unsaturated/α-hetero) is 1. The molecule has 0 radical (unpaired) electrons. The van der Waals surface area contributed by atoms with Crippen molar-refractivity contribution in [3.63, 3.8) is 0 Å². The Labute approximate surface area is 151 Å². The maximum Gasteiger partial charge on any atom is 0.176 e. The summed E-state index contributed by atoms with van der Waals surface area (Å²) in [4.78, 5) is 14.6. The van der Waals surface area contributed by atoms with Gasteiger partial charge in [-0.1, -0.05) is 47.5 Å². The van der Waals surface area contributed by atoms with Crippen molar-refractivity contribution in [2.75, 3.05) is 13.2 Å². The molecule has 124 valence electrons. The fourth-order valence-electron chi connectivity index (χ4n) is 3.81. The number of benzene rings is 2.